The number of ether oxygens (including phenoxy) is 2. The average Bonchev–Trinajstić information content (AvgIpc) is 2.81. The molecule has 2 aliphatic rings. The highest BCUT2D eigenvalue weighted by Gasteiger charge is 2.43. The predicted molar refractivity (Wildman–Crippen MR) is 134 cm³/mol. The molecular formula is C28H29FN2O6. The van der Waals surface area contributed by atoms with E-state index in [4.69, 9.17) is 9.47 Å². The maximum Gasteiger partial charge on any atom is 0.336 e. The highest BCUT2D eigenvalue weighted by molar-refractivity contribution is 6.04. The number of nitrogens with one attached hydrogen (secondary N) is 1. The van der Waals surface area contributed by atoms with Gasteiger partial charge in [-0.2, -0.15) is 0 Å². The molecule has 1 aliphatic carbocycles. The standard InChI is InChI=1S/C28H29FN2O6/c1-5-36-27(33)24-16(2)30-20-13-28(3,4)14-22(32)26(20)25(24)18-9-10-23(21(12-18)31(34)35)37-15-17-7-6-8-19(29)11-17/h6-12,25,30H,5,13-15H2,1-4H3/t25-/m0/s1. The van der Waals surface area contributed by atoms with Gasteiger partial charge in [0.25, 0.3) is 0 Å². The largest absolute Gasteiger partial charge is 0.482 e. The minimum absolute atomic E-state index is 0.00404. The number of halogens is 1. The summed E-state index contributed by atoms with van der Waals surface area (Å²) in [6.07, 6.45) is 0.880. The molecule has 2 aromatic rings. The summed E-state index contributed by atoms with van der Waals surface area (Å²) >= 11 is 0. The average molecular weight is 509 g/mol. The molecule has 9 heteroatoms. The van der Waals surface area contributed by atoms with Crippen molar-refractivity contribution in [3.63, 3.8) is 0 Å². The summed E-state index contributed by atoms with van der Waals surface area (Å²) in [4.78, 5) is 37.8. The summed E-state index contributed by atoms with van der Waals surface area (Å²) in [6.45, 7) is 7.50. The number of esters is 1. The molecule has 1 heterocycles. The van der Waals surface area contributed by atoms with E-state index in [9.17, 15) is 24.1 Å². The van der Waals surface area contributed by atoms with Gasteiger partial charge in [-0.25, -0.2) is 9.18 Å². The van der Waals surface area contributed by atoms with Crippen LogP contribution in [-0.2, 0) is 20.9 Å². The van der Waals surface area contributed by atoms with Crippen LogP contribution in [0.25, 0.3) is 0 Å². The van der Waals surface area contributed by atoms with E-state index in [0.717, 1.165) is 0 Å². The topological polar surface area (TPSA) is 108 Å². The third-order valence-electron chi connectivity index (χ3n) is 6.53. The molecule has 0 saturated carbocycles. The van der Waals surface area contributed by atoms with Crippen molar-refractivity contribution in [1.82, 2.24) is 5.32 Å². The van der Waals surface area contributed by atoms with Crippen molar-refractivity contribution in [1.29, 1.82) is 0 Å². The van der Waals surface area contributed by atoms with Gasteiger partial charge in [-0.3, -0.25) is 14.9 Å². The van der Waals surface area contributed by atoms with Crippen LogP contribution in [0.15, 0.2) is 65.0 Å². The molecule has 0 saturated heterocycles. The van der Waals surface area contributed by atoms with Gasteiger partial charge >= 0.3 is 11.7 Å². The number of hydrogen-bond donors (Lipinski definition) is 1. The molecule has 0 fully saturated rings. The highest BCUT2D eigenvalue weighted by atomic mass is 19.1. The van der Waals surface area contributed by atoms with Gasteiger partial charge in [0.15, 0.2) is 11.5 Å². The van der Waals surface area contributed by atoms with E-state index in [1.807, 2.05) is 13.8 Å². The molecule has 1 N–H and O–H groups in total. The summed E-state index contributed by atoms with van der Waals surface area (Å²) in [7, 11) is 0. The van der Waals surface area contributed by atoms with E-state index in [1.165, 1.54) is 30.3 Å². The van der Waals surface area contributed by atoms with Crippen molar-refractivity contribution in [2.75, 3.05) is 6.61 Å². The van der Waals surface area contributed by atoms with Crippen LogP contribution < -0.4 is 10.1 Å². The molecule has 0 aromatic heterocycles. The molecule has 1 aliphatic heterocycles. The first-order valence-corrected chi connectivity index (χ1v) is 12.1. The minimum atomic E-state index is -0.824. The van der Waals surface area contributed by atoms with Crippen molar-refractivity contribution in [3.05, 3.63) is 92.1 Å². The zero-order valence-corrected chi connectivity index (χ0v) is 21.2. The lowest BCUT2D eigenvalue weighted by Gasteiger charge is -2.39. The molecule has 37 heavy (non-hydrogen) atoms. The van der Waals surface area contributed by atoms with Gasteiger partial charge in [-0.15, -0.1) is 0 Å². The maximum absolute atomic E-state index is 13.5. The molecule has 0 unspecified atom stereocenters. The third kappa shape index (κ3) is 5.40. The van der Waals surface area contributed by atoms with Crippen LogP contribution in [0.5, 0.6) is 5.75 Å². The van der Waals surface area contributed by atoms with Gasteiger partial charge in [0.2, 0.25) is 0 Å². The molecule has 2 aromatic carbocycles. The summed E-state index contributed by atoms with van der Waals surface area (Å²) in [6, 6.07) is 10.2. The Balaban J connectivity index is 1.78. The van der Waals surface area contributed by atoms with Gasteiger partial charge in [0.1, 0.15) is 12.4 Å². The van der Waals surface area contributed by atoms with Gasteiger partial charge in [-0.05, 0) is 55.0 Å². The number of ketones is 1. The Morgan fingerprint density at radius 3 is 2.65 bits per heavy atom. The number of carbonyl (C=O) groups is 2. The number of nitro groups is 1. The Bertz CT molecular complexity index is 1340. The Kier molecular flexibility index (Phi) is 7.16. The molecule has 0 spiro atoms. The molecule has 194 valence electrons. The quantitative estimate of drug-likeness (QED) is 0.300. The van der Waals surface area contributed by atoms with Crippen LogP contribution in [-0.4, -0.2) is 23.3 Å². The smallest absolute Gasteiger partial charge is 0.336 e. The van der Waals surface area contributed by atoms with Gasteiger partial charge in [-0.1, -0.05) is 32.0 Å². The third-order valence-corrected chi connectivity index (χ3v) is 6.53. The summed E-state index contributed by atoms with van der Waals surface area (Å²) in [5.41, 5.74) is 2.27. The second-order valence-electron chi connectivity index (χ2n) is 10.1. The van der Waals surface area contributed by atoms with Crippen LogP contribution in [0.1, 0.15) is 57.6 Å². The number of dihydropyridines is 1. The fraction of sp³-hybridized carbons (Fsp3) is 0.357. The number of allylic oxidation sites excluding steroid dienone is 3. The van der Waals surface area contributed by atoms with Crippen molar-refractivity contribution in [2.24, 2.45) is 5.41 Å². The molecule has 0 radical (unpaired) electrons. The Morgan fingerprint density at radius 2 is 1.97 bits per heavy atom. The van der Waals surface area contributed by atoms with E-state index in [-0.39, 0.29) is 47.8 Å². The first-order chi connectivity index (χ1) is 17.5. The predicted octanol–water partition coefficient (Wildman–Crippen LogP) is 5.48. The van der Waals surface area contributed by atoms with E-state index < -0.39 is 22.6 Å². The van der Waals surface area contributed by atoms with Crippen LogP contribution in [0.3, 0.4) is 0 Å². The van der Waals surface area contributed by atoms with Crippen molar-refractivity contribution < 1.29 is 28.4 Å². The minimum Gasteiger partial charge on any atom is -0.482 e. The molecular weight excluding hydrogens is 479 g/mol. The zero-order valence-electron chi connectivity index (χ0n) is 21.2. The lowest BCUT2D eigenvalue weighted by Crippen LogP contribution is -2.38. The van der Waals surface area contributed by atoms with Crippen LogP contribution in [0.4, 0.5) is 10.1 Å². The summed E-state index contributed by atoms with van der Waals surface area (Å²) < 4.78 is 24.5. The number of rotatable bonds is 7. The Labute approximate surface area is 214 Å². The molecule has 0 bridgehead atoms. The number of nitro benzene ring substituents is 1. The van der Waals surface area contributed by atoms with Gasteiger partial charge < -0.3 is 14.8 Å². The lowest BCUT2D eigenvalue weighted by atomic mass is 9.68. The number of Topliss-reactive ketones (excluding diaryl/α,β-unsaturated/α-hetero) is 1. The van der Waals surface area contributed by atoms with E-state index in [0.29, 0.717) is 34.5 Å². The maximum atomic E-state index is 13.5. The van der Waals surface area contributed by atoms with Gasteiger partial charge in [0.05, 0.1) is 17.1 Å². The van der Waals surface area contributed by atoms with Crippen molar-refractivity contribution in [2.45, 2.75) is 53.1 Å². The molecule has 8 nitrogen and oxygen atoms in total. The second-order valence-corrected chi connectivity index (χ2v) is 10.1. The fourth-order valence-corrected chi connectivity index (χ4v) is 5.02. The number of carbonyl (C=O) groups excluding carboxylic acids is 2. The molecule has 4 rings (SSSR count). The fourth-order valence-electron chi connectivity index (χ4n) is 5.02. The Morgan fingerprint density at radius 1 is 1.22 bits per heavy atom. The molecule has 1 atom stereocenters. The lowest BCUT2D eigenvalue weighted by molar-refractivity contribution is -0.386. The van der Waals surface area contributed by atoms with Crippen LogP contribution in [0, 0.1) is 21.3 Å². The second kappa shape index (κ2) is 10.2. The number of nitrogens with zero attached hydrogens (tertiary/aromatic N) is 1. The van der Waals surface area contributed by atoms with Gasteiger partial charge in [0, 0.05) is 35.4 Å². The SMILES string of the molecule is CCOC(=O)C1=C(C)NC2=C(C(=O)CC(C)(C)C2)[C@H]1c1ccc(OCc2cccc(F)c2)c([N+](=O)[O-])c1. The normalized spacial score (nSPS) is 18.7. The van der Waals surface area contributed by atoms with E-state index in [2.05, 4.69) is 5.32 Å². The number of hydrogen-bond acceptors (Lipinski definition) is 7. The first kappa shape index (κ1) is 26.1. The highest BCUT2D eigenvalue weighted by Crippen LogP contribution is 2.47. The Hall–Kier alpha value is -4.01. The molecule has 0 amide bonds. The van der Waals surface area contributed by atoms with Crippen molar-refractivity contribution >= 4 is 17.4 Å². The summed E-state index contributed by atoms with van der Waals surface area (Å²) in [5.74, 6) is -1.97. The monoisotopic (exact) mass is 508 g/mol. The zero-order chi connectivity index (χ0) is 26.9. The first-order valence-electron chi connectivity index (χ1n) is 12.1. The van der Waals surface area contributed by atoms with Crippen molar-refractivity contribution in [3.8, 4) is 5.75 Å². The van der Waals surface area contributed by atoms with E-state index >= 15 is 0 Å². The summed E-state index contributed by atoms with van der Waals surface area (Å²) in [5, 5.41) is 15.2. The van der Waals surface area contributed by atoms with E-state index in [1.54, 1.807) is 26.0 Å². The number of benzene rings is 2. The van der Waals surface area contributed by atoms with Crippen LogP contribution in [0.2, 0.25) is 0 Å². The van der Waals surface area contributed by atoms with Crippen LogP contribution >= 0.6 is 0 Å².